The van der Waals surface area contributed by atoms with E-state index >= 15 is 0 Å². The average Bonchev–Trinajstić information content (AvgIpc) is 2.77. The molecular formula is C13H15Cl2N3S. The zero-order valence-corrected chi connectivity index (χ0v) is 12.9. The van der Waals surface area contributed by atoms with Crippen molar-refractivity contribution >= 4 is 40.2 Å². The molecule has 0 aliphatic rings. The van der Waals surface area contributed by atoms with Crippen molar-refractivity contribution in [1.29, 1.82) is 0 Å². The summed E-state index contributed by atoms with van der Waals surface area (Å²) in [6.45, 7) is 3.59. The third-order valence-electron chi connectivity index (χ3n) is 2.65. The summed E-state index contributed by atoms with van der Waals surface area (Å²) >= 11 is 13.7. The number of thiazole rings is 1. The molecule has 0 aliphatic carbocycles. The molecule has 3 N–H and O–H groups in total. The number of nitrogen functional groups attached to an aromatic ring is 1. The van der Waals surface area contributed by atoms with Gasteiger partial charge in [-0.1, -0.05) is 23.2 Å². The molecule has 0 radical (unpaired) electrons. The summed E-state index contributed by atoms with van der Waals surface area (Å²) in [7, 11) is 0. The minimum Gasteiger partial charge on any atom is -0.396 e. The Kier molecular flexibility index (Phi) is 5.05. The highest BCUT2D eigenvalue weighted by Crippen LogP contribution is 2.28. The molecule has 1 heterocycles. The highest BCUT2D eigenvalue weighted by Gasteiger charge is 2.05. The number of hydrogen-bond donors (Lipinski definition) is 2. The second-order valence-electron chi connectivity index (χ2n) is 4.28. The van der Waals surface area contributed by atoms with E-state index in [9.17, 15) is 0 Å². The van der Waals surface area contributed by atoms with Gasteiger partial charge in [0.15, 0.2) is 0 Å². The van der Waals surface area contributed by atoms with Crippen LogP contribution >= 0.6 is 34.5 Å². The van der Waals surface area contributed by atoms with Crippen LogP contribution in [-0.2, 0) is 13.0 Å². The van der Waals surface area contributed by atoms with Crippen molar-refractivity contribution in [2.24, 2.45) is 0 Å². The van der Waals surface area contributed by atoms with Crippen LogP contribution in [-0.4, -0.2) is 11.5 Å². The fraction of sp³-hybridized carbons (Fsp3) is 0.308. The van der Waals surface area contributed by atoms with Crippen LogP contribution in [0.2, 0.25) is 10.0 Å². The monoisotopic (exact) mass is 315 g/mol. The Balaban J connectivity index is 1.83. The number of halogens is 2. The minimum absolute atomic E-state index is 0.436. The first kappa shape index (κ1) is 14.6. The van der Waals surface area contributed by atoms with E-state index in [0.29, 0.717) is 22.3 Å². The van der Waals surface area contributed by atoms with Crippen molar-refractivity contribution in [2.75, 3.05) is 12.3 Å². The largest absolute Gasteiger partial charge is 0.396 e. The van der Waals surface area contributed by atoms with Crippen molar-refractivity contribution in [3.05, 3.63) is 43.8 Å². The molecule has 0 fully saturated rings. The number of nitrogens with zero attached hydrogens (tertiary/aromatic N) is 1. The summed E-state index contributed by atoms with van der Waals surface area (Å²) in [6, 6.07) is 3.67. The number of rotatable bonds is 5. The Morgan fingerprint density at radius 1 is 1.32 bits per heavy atom. The quantitative estimate of drug-likeness (QED) is 0.653. The molecule has 2 rings (SSSR count). The first-order valence-corrected chi connectivity index (χ1v) is 7.55. The number of nitrogens with two attached hydrogens (primary N) is 1. The van der Waals surface area contributed by atoms with Crippen LogP contribution in [0, 0.1) is 6.92 Å². The van der Waals surface area contributed by atoms with Gasteiger partial charge in [0.05, 0.1) is 20.7 Å². The SMILES string of the molecule is Cc1csc(CCNCc2cc(Cl)c(N)c(Cl)c2)n1. The van der Waals surface area contributed by atoms with Gasteiger partial charge in [-0.15, -0.1) is 11.3 Å². The summed E-state index contributed by atoms with van der Waals surface area (Å²) in [5, 5.41) is 7.56. The number of hydrogen-bond acceptors (Lipinski definition) is 4. The summed E-state index contributed by atoms with van der Waals surface area (Å²) in [5.74, 6) is 0. The predicted molar refractivity (Wildman–Crippen MR) is 83.1 cm³/mol. The van der Waals surface area contributed by atoms with E-state index in [4.69, 9.17) is 28.9 Å². The van der Waals surface area contributed by atoms with Crippen LogP contribution in [0.1, 0.15) is 16.3 Å². The third-order valence-corrected chi connectivity index (χ3v) is 4.30. The number of benzene rings is 1. The van der Waals surface area contributed by atoms with Gasteiger partial charge in [-0.2, -0.15) is 0 Å². The van der Waals surface area contributed by atoms with Gasteiger partial charge >= 0.3 is 0 Å². The molecule has 0 unspecified atom stereocenters. The van der Waals surface area contributed by atoms with Crippen LogP contribution in [0.5, 0.6) is 0 Å². The molecule has 1 aromatic carbocycles. The van der Waals surface area contributed by atoms with Crippen LogP contribution in [0.4, 0.5) is 5.69 Å². The molecule has 2 aromatic rings. The Hall–Kier alpha value is -0.810. The van der Waals surface area contributed by atoms with Crippen molar-refractivity contribution < 1.29 is 0 Å². The van der Waals surface area contributed by atoms with Crippen LogP contribution in [0.15, 0.2) is 17.5 Å². The summed E-state index contributed by atoms with van der Waals surface area (Å²) in [5.41, 5.74) is 8.24. The van der Waals surface area contributed by atoms with E-state index in [-0.39, 0.29) is 0 Å². The fourth-order valence-electron chi connectivity index (χ4n) is 1.68. The molecule has 0 spiro atoms. The lowest BCUT2D eigenvalue weighted by molar-refractivity contribution is 0.685. The molecule has 102 valence electrons. The standard InChI is InChI=1S/C13H15Cl2N3S/c1-8-7-19-12(18-8)2-3-17-6-9-4-10(14)13(16)11(15)5-9/h4-5,7,17H,2-3,6,16H2,1H3. The van der Waals surface area contributed by atoms with Crippen molar-refractivity contribution in [3.8, 4) is 0 Å². The topological polar surface area (TPSA) is 50.9 Å². The van der Waals surface area contributed by atoms with Gasteiger partial charge in [0.1, 0.15) is 0 Å². The molecule has 19 heavy (non-hydrogen) atoms. The lowest BCUT2D eigenvalue weighted by Gasteiger charge is -2.07. The molecule has 6 heteroatoms. The second-order valence-corrected chi connectivity index (χ2v) is 6.04. The number of anilines is 1. The lowest BCUT2D eigenvalue weighted by atomic mass is 10.2. The van der Waals surface area contributed by atoms with E-state index in [1.165, 1.54) is 0 Å². The maximum atomic E-state index is 5.99. The van der Waals surface area contributed by atoms with Crippen molar-refractivity contribution in [2.45, 2.75) is 19.9 Å². The average molecular weight is 316 g/mol. The van der Waals surface area contributed by atoms with Crippen LogP contribution < -0.4 is 11.1 Å². The second kappa shape index (κ2) is 6.57. The lowest BCUT2D eigenvalue weighted by Crippen LogP contribution is -2.16. The maximum absolute atomic E-state index is 5.99. The predicted octanol–water partition coefficient (Wildman–Crippen LogP) is 3.67. The molecule has 0 saturated heterocycles. The minimum atomic E-state index is 0.436. The Labute approximate surface area is 126 Å². The first-order chi connectivity index (χ1) is 9.06. The Morgan fingerprint density at radius 3 is 2.58 bits per heavy atom. The number of aromatic nitrogens is 1. The first-order valence-electron chi connectivity index (χ1n) is 5.91. The van der Waals surface area contributed by atoms with Gasteiger partial charge in [-0.05, 0) is 24.6 Å². The fourth-order valence-corrected chi connectivity index (χ4v) is 2.99. The molecule has 1 aromatic heterocycles. The zero-order valence-electron chi connectivity index (χ0n) is 10.5. The summed E-state index contributed by atoms with van der Waals surface area (Å²) in [6.07, 6.45) is 0.926. The molecule has 0 saturated carbocycles. The zero-order chi connectivity index (χ0) is 13.8. The summed E-state index contributed by atoms with van der Waals surface area (Å²) < 4.78 is 0. The number of aryl methyl sites for hydroxylation is 1. The Bertz CT molecular complexity index is 546. The van der Waals surface area contributed by atoms with E-state index in [0.717, 1.165) is 29.2 Å². The van der Waals surface area contributed by atoms with Gasteiger partial charge in [-0.25, -0.2) is 4.98 Å². The van der Waals surface area contributed by atoms with Gasteiger partial charge in [-0.3, -0.25) is 0 Å². The van der Waals surface area contributed by atoms with Gasteiger partial charge in [0, 0.05) is 30.6 Å². The van der Waals surface area contributed by atoms with Crippen molar-refractivity contribution in [3.63, 3.8) is 0 Å². The molecular weight excluding hydrogens is 301 g/mol. The highest BCUT2D eigenvalue weighted by molar-refractivity contribution is 7.09. The third kappa shape index (κ3) is 4.08. The number of nitrogens with one attached hydrogen (secondary N) is 1. The van der Waals surface area contributed by atoms with Gasteiger partial charge < -0.3 is 11.1 Å². The molecule has 0 bridgehead atoms. The van der Waals surface area contributed by atoms with E-state index in [1.807, 2.05) is 19.1 Å². The molecule has 0 amide bonds. The van der Waals surface area contributed by atoms with Crippen LogP contribution in [0.3, 0.4) is 0 Å². The van der Waals surface area contributed by atoms with Crippen LogP contribution in [0.25, 0.3) is 0 Å². The normalized spacial score (nSPS) is 10.9. The molecule has 0 aliphatic heterocycles. The van der Waals surface area contributed by atoms with Gasteiger partial charge in [0.2, 0.25) is 0 Å². The molecule has 3 nitrogen and oxygen atoms in total. The van der Waals surface area contributed by atoms with Gasteiger partial charge in [0.25, 0.3) is 0 Å². The smallest absolute Gasteiger partial charge is 0.0940 e. The van der Waals surface area contributed by atoms with Crippen molar-refractivity contribution in [1.82, 2.24) is 10.3 Å². The van der Waals surface area contributed by atoms with E-state index in [2.05, 4.69) is 15.7 Å². The van der Waals surface area contributed by atoms with E-state index in [1.54, 1.807) is 11.3 Å². The molecule has 0 atom stereocenters. The maximum Gasteiger partial charge on any atom is 0.0940 e. The highest BCUT2D eigenvalue weighted by atomic mass is 35.5. The summed E-state index contributed by atoms with van der Waals surface area (Å²) in [4.78, 5) is 4.41. The van der Waals surface area contributed by atoms with E-state index < -0.39 is 0 Å². The Morgan fingerprint density at radius 2 is 2.00 bits per heavy atom.